The van der Waals surface area contributed by atoms with Crippen LogP contribution in [-0.4, -0.2) is 42.0 Å². The monoisotopic (exact) mass is 474 g/mol. The maximum atomic E-state index is 12.7. The van der Waals surface area contributed by atoms with Gasteiger partial charge in [0.15, 0.2) is 5.65 Å². The van der Waals surface area contributed by atoms with E-state index < -0.39 is 10.0 Å². The van der Waals surface area contributed by atoms with Gasteiger partial charge in [-0.3, -0.25) is 24.1 Å². The first-order valence-electron chi connectivity index (χ1n) is 10.5. The number of aromatic nitrogens is 3. The maximum absolute atomic E-state index is 12.7. The van der Waals surface area contributed by atoms with Gasteiger partial charge in [0.05, 0.1) is 29.4 Å². The number of benzene rings is 1. The average Bonchev–Trinajstić information content (AvgIpc) is 3.56. The van der Waals surface area contributed by atoms with E-state index in [2.05, 4.69) is 25.4 Å². The Morgan fingerprint density at radius 3 is 2.67 bits per heavy atom. The average molecular weight is 475 g/mol. The molecular formula is C21H26N6O5S. The third-order valence-corrected chi connectivity index (χ3v) is 6.61. The second kappa shape index (κ2) is 8.87. The molecule has 1 aromatic carbocycles. The van der Waals surface area contributed by atoms with Gasteiger partial charge in [0.25, 0.3) is 5.56 Å². The first-order valence-corrected chi connectivity index (χ1v) is 12.2. The van der Waals surface area contributed by atoms with Gasteiger partial charge >= 0.3 is 0 Å². The number of hydrogen-bond donors (Lipinski definition) is 4. The number of aromatic amines is 1. The third kappa shape index (κ3) is 5.01. The molecule has 0 unspecified atom stereocenters. The van der Waals surface area contributed by atoms with Gasteiger partial charge in [-0.15, -0.1) is 0 Å². The molecular weight excluding hydrogens is 448 g/mol. The summed E-state index contributed by atoms with van der Waals surface area (Å²) in [4.78, 5) is 29.4. The van der Waals surface area contributed by atoms with E-state index in [-0.39, 0.29) is 34.3 Å². The van der Waals surface area contributed by atoms with Crippen molar-refractivity contribution in [2.75, 3.05) is 28.2 Å². The number of H-pyrrole nitrogens is 1. The van der Waals surface area contributed by atoms with Gasteiger partial charge in [-0.1, -0.05) is 6.07 Å². The van der Waals surface area contributed by atoms with Crippen LogP contribution in [0.1, 0.15) is 25.3 Å². The lowest BCUT2D eigenvalue weighted by Gasteiger charge is -2.16. The number of nitrogens with one attached hydrogen (secondary N) is 4. The number of anilines is 4. The minimum absolute atomic E-state index is 0.0166. The molecule has 176 valence electrons. The molecule has 2 heterocycles. The molecule has 0 spiro atoms. The summed E-state index contributed by atoms with van der Waals surface area (Å²) in [6.07, 6.45) is 1.69. The van der Waals surface area contributed by atoms with Crippen LogP contribution in [0.5, 0.6) is 0 Å². The van der Waals surface area contributed by atoms with Crippen molar-refractivity contribution in [3.05, 3.63) is 40.2 Å². The standard InChI is InChI=1S/C21H26N6O5S/c1-4-33(30,31)26-15-9-12(11-32-3)5-8-14(15)22-16-10-17(24-20(28)13-6-7-13)23-19-18(16)21(29)27(2)25-19/h5,8-10,13,26H,4,6-7,11H2,1-3H3,(H3,22,23,24,25,28). The van der Waals surface area contributed by atoms with Crippen molar-refractivity contribution < 1.29 is 17.9 Å². The van der Waals surface area contributed by atoms with Crippen LogP contribution in [0.2, 0.25) is 0 Å². The van der Waals surface area contributed by atoms with E-state index >= 15 is 0 Å². The van der Waals surface area contributed by atoms with Crippen LogP contribution in [0.15, 0.2) is 29.1 Å². The van der Waals surface area contributed by atoms with E-state index in [1.807, 2.05) is 0 Å². The Bertz CT molecular complexity index is 1370. The number of rotatable bonds is 9. The molecule has 1 saturated carbocycles. The second-order valence-electron chi connectivity index (χ2n) is 7.96. The van der Waals surface area contributed by atoms with Crippen molar-refractivity contribution >= 4 is 49.8 Å². The van der Waals surface area contributed by atoms with Crippen LogP contribution in [0, 0.1) is 5.92 Å². The molecule has 4 rings (SSSR count). The number of methoxy groups -OCH3 is 1. The van der Waals surface area contributed by atoms with Crippen molar-refractivity contribution in [1.82, 2.24) is 14.8 Å². The summed E-state index contributed by atoms with van der Waals surface area (Å²) >= 11 is 0. The summed E-state index contributed by atoms with van der Waals surface area (Å²) in [5.41, 5.74) is 1.88. The zero-order valence-electron chi connectivity index (χ0n) is 18.6. The van der Waals surface area contributed by atoms with Crippen LogP contribution in [0.25, 0.3) is 11.0 Å². The molecule has 11 nitrogen and oxygen atoms in total. The van der Waals surface area contributed by atoms with Crippen LogP contribution in [0.4, 0.5) is 22.9 Å². The lowest BCUT2D eigenvalue weighted by atomic mass is 10.1. The molecule has 1 aliphatic carbocycles. The summed E-state index contributed by atoms with van der Waals surface area (Å²) in [5, 5.41) is 9.10. The molecule has 3 aromatic rings. The fourth-order valence-corrected chi connectivity index (χ4v) is 4.03. The van der Waals surface area contributed by atoms with E-state index in [0.717, 1.165) is 18.4 Å². The summed E-state index contributed by atoms with van der Waals surface area (Å²) in [6.45, 7) is 1.84. The Labute approximate surface area is 190 Å². The summed E-state index contributed by atoms with van der Waals surface area (Å²) in [5.74, 6) is 0.0508. The van der Waals surface area contributed by atoms with Gasteiger partial charge in [0.2, 0.25) is 15.9 Å². The number of sulfonamides is 1. The van der Waals surface area contributed by atoms with Gasteiger partial charge < -0.3 is 15.4 Å². The highest BCUT2D eigenvalue weighted by Crippen LogP contribution is 2.33. The zero-order chi connectivity index (χ0) is 23.8. The number of fused-ring (bicyclic) bond motifs is 1. The quantitative estimate of drug-likeness (QED) is 0.372. The van der Waals surface area contributed by atoms with Gasteiger partial charge in [-0.2, -0.15) is 0 Å². The van der Waals surface area contributed by atoms with Crippen LogP contribution < -0.4 is 20.9 Å². The number of ether oxygens (including phenoxy) is 1. The largest absolute Gasteiger partial charge is 0.380 e. The number of carbonyl (C=O) groups is 1. The molecule has 0 radical (unpaired) electrons. The van der Waals surface area contributed by atoms with E-state index in [4.69, 9.17) is 4.74 Å². The van der Waals surface area contributed by atoms with E-state index in [0.29, 0.717) is 29.3 Å². The Hall–Kier alpha value is -3.38. The predicted octanol–water partition coefficient (Wildman–Crippen LogP) is 2.26. The Morgan fingerprint density at radius 2 is 2.00 bits per heavy atom. The predicted molar refractivity (Wildman–Crippen MR) is 126 cm³/mol. The molecule has 4 N–H and O–H groups in total. The van der Waals surface area contributed by atoms with E-state index in [9.17, 15) is 18.0 Å². The molecule has 1 amide bonds. The van der Waals surface area contributed by atoms with E-state index in [1.54, 1.807) is 45.3 Å². The number of hydrogen-bond acceptors (Lipinski definition) is 7. The summed E-state index contributed by atoms with van der Waals surface area (Å²) < 4.78 is 33.6. The molecule has 0 saturated heterocycles. The van der Waals surface area contributed by atoms with Crippen LogP contribution >= 0.6 is 0 Å². The first kappa shape index (κ1) is 22.8. The highest BCUT2D eigenvalue weighted by molar-refractivity contribution is 7.92. The number of aryl methyl sites for hydroxylation is 1. The normalized spacial score (nSPS) is 13.8. The van der Waals surface area contributed by atoms with Gasteiger partial charge in [0.1, 0.15) is 11.2 Å². The Balaban J connectivity index is 1.78. The Morgan fingerprint density at radius 1 is 1.24 bits per heavy atom. The highest BCUT2D eigenvalue weighted by Gasteiger charge is 2.30. The lowest BCUT2D eigenvalue weighted by Crippen LogP contribution is -2.17. The first-order chi connectivity index (χ1) is 15.7. The minimum Gasteiger partial charge on any atom is -0.380 e. The molecule has 33 heavy (non-hydrogen) atoms. The fourth-order valence-electron chi connectivity index (χ4n) is 3.38. The molecule has 1 aliphatic rings. The molecule has 0 aliphatic heterocycles. The number of carbonyl (C=O) groups excluding carboxylic acids is 1. The fraction of sp³-hybridized carbons (Fsp3) is 0.381. The summed E-state index contributed by atoms with van der Waals surface area (Å²) in [6, 6.07) is 6.73. The topological polar surface area (TPSA) is 147 Å². The molecule has 12 heteroatoms. The summed E-state index contributed by atoms with van der Waals surface area (Å²) in [7, 11) is -0.448. The van der Waals surface area contributed by atoms with Crippen molar-refractivity contribution in [1.29, 1.82) is 0 Å². The Kier molecular flexibility index (Phi) is 6.13. The van der Waals surface area contributed by atoms with Gasteiger partial charge in [0, 0.05) is 26.1 Å². The molecule has 0 bridgehead atoms. The zero-order valence-corrected chi connectivity index (χ0v) is 19.4. The number of pyridine rings is 1. The third-order valence-electron chi connectivity index (χ3n) is 5.32. The van der Waals surface area contributed by atoms with Crippen LogP contribution in [-0.2, 0) is 33.2 Å². The molecule has 2 aromatic heterocycles. The second-order valence-corrected chi connectivity index (χ2v) is 9.97. The lowest BCUT2D eigenvalue weighted by molar-refractivity contribution is -0.117. The van der Waals surface area contributed by atoms with Gasteiger partial charge in [-0.25, -0.2) is 13.4 Å². The number of nitrogens with zero attached hydrogens (tertiary/aromatic N) is 2. The maximum Gasteiger partial charge on any atom is 0.277 e. The van der Waals surface area contributed by atoms with E-state index in [1.165, 1.54) is 4.68 Å². The van der Waals surface area contributed by atoms with Crippen molar-refractivity contribution in [2.24, 2.45) is 13.0 Å². The van der Waals surface area contributed by atoms with Crippen molar-refractivity contribution in [2.45, 2.75) is 26.4 Å². The van der Waals surface area contributed by atoms with Crippen molar-refractivity contribution in [3.63, 3.8) is 0 Å². The van der Waals surface area contributed by atoms with Gasteiger partial charge in [-0.05, 0) is 37.5 Å². The molecule has 0 atom stereocenters. The SMILES string of the molecule is CCS(=O)(=O)Nc1cc(COC)ccc1Nc1cc(NC(=O)C2CC2)nc2[nH]n(C)c(=O)c12. The smallest absolute Gasteiger partial charge is 0.277 e. The van der Waals surface area contributed by atoms with Crippen LogP contribution in [0.3, 0.4) is 0 Å². The minimum atomic E-state index is -3.56. The highest BCUT2D eigenvalue weighted by atomic mass is 32.2. The number of amides is 1. The van der Waals surface area contributed by atoms with Crippen molar-refractivity contribution in [3.8, 4) is 0 Å². The molecule has 1 fully saturated rings.